The first-order chi connectivity index (χ1) is 4.16. The summed E-state index contributed by atoms with van der Waals surface area (Å²) in [7, 11) is 0. The van der Waals surface area contributed by atoms with Crippen LogP contribution in [0.15, 0.2) is 0 Å². The first kappa shape index (κ1) is 8.43. The van der Waals surface area contributed by atoms with Crippen molar-refractivity contribution in [3.8, 4) is 0 Å². The van der Waals surface area contributed by atoms with Crippen molar-refractivity contribution in [2.24, 2.45) is 5.73 Å². The largest absolute Gasteiger partial charge is 0.386 e. The molecule has 3 heteroatoms. The third-order valence-corrected chi connectivity index (χ3v) is 1.10. The average Bonchev–Trinajstić information content (AvgIpc) is 1.83. The SMILES string of the molecule is CCC(C)OCC(=N)N. The molecule has 0 amide bonds. The first-order valence-electron chi connectivity index (χ1n) is 3.11. The molecule has 1 atom stereocenters. The minimum Gasteiger partial charge on any atom is -0.386 e. The van der Waals surface area contributed by atoms with Crippen molar-refractivity contribution in [1.29, 1.82) is 5.41 Å². The van der Waals surface area contributed by atoms with Crippen LogP contribution in [-0.2, 0) is 4.74 Å². The molecule has 0 aromatic carbocycles. The molecular formula is C6H14N2O. The summed E-state index contributed by atoms with van der Waals surface area (Å²) in [6, 6.07) is 0. The average molecular weight is 130 g/mol. The molecule has 0 aliphatic carbocycles. The quantitative estimate of drug-likeness (QED) is 0.435. The van der Waals surface area contributed by atoms with Crippen molar-refractivity contribution in [1.82, 2.24) is 0 Å². The van der Waals surface area contributed by atoms with Crippen molar-refractivity contribution in [3.05, 3.63) is 0 Å². The third kappa shape index (κ3) is 5.30. The molecule has 9 heavy (non-hydrogen) atoms. The van der Waals surface area contributed by atoms with Gasteiger partial charge in [0.15, 0.2) is 0 Å². The van der Waals surface area contributed by atoms with Gasteiger partial charge in [-0.05, 0) is 13.3 Å². The van der Waals surface area contributed by atoms with Gasteiger partial charge in [-0.15, -0.1) is 0 Å². The van der Waals surface area contributed by atoms with Crippen LogP contribution < -0.4 is 5.73 Å². The van der Waals surface area contributed by atoms with E-state index in [-0.39, 0.29) is 18.5 Å². The topological polar surface area (TPSA) is 59.1 Å². The summed E-state index contributed by atoms with van der Waals surface area (Å²) < 4.78 is 5.10. The lowest BCUT2D eigenvalue weighted by Gasteiger charge is -2.08. The van der Waals surface area contributed by atoms with Crippen LogP contribution in [-0.4, -0.2) is 18.5 Å². The number of nitrogens with two attached hydrogens (primary N) is 1. The van der Waals surface area contributed by atoms with Crippen molar-refractivity contribution in [2.45, 2.75) is 26.4 Å². The Bertz CT molecular complexity index is 93.1. The molecule has 0 fully saturated rings. The molecule has 54 valence electrons. The lowest BCUT2D eigenvalue weighted by molar-refractivity contribution is 0.0925. The Labute approximate surface area is 55.7 Å². The van der Waals surface area contributed by atoms with E-state index in [1.165, 1.54) is 0 Å². The molecule has 0 aliphatic rings. The molecule has 0 saturated carbocycles. The van der Waals surface area contributed by atoms with Crippen molar-refractivity contribution in [2.75, 3.05) is 6.61 Å². The van der Waals surface area contributed by atoms with Crippen LogP contribution in [0.1, 0.15) is 20.3 Å². The van der Waals surface area contributed by atoms with E-state index in [1.54, 1.807) is 0 Å². The molecular weight excluding hydrogens is 116 g/mol. The van der Waals surface area contributed by atoms with E-state index in [0.29, 0.717) is 0 Å². The standard InChI is InChI=1S/C6H14N2O/c1-3-5(2)9-4-6(7)8/h5H,3-4H2,1-2H3,(H3,7,8). The van der Waals surface area contributed by atoms with Crippen LogP contribution in [0, 0.1) is 5.41 Å². The van der Waals surface area contributed by atoms with Gasteiger partial charge >= 0.3 is 0 Å². The fourth-order valence-corrected chi connectivity index (χ4v) is 0.350. The van der Waals surface area contributed by atoms with Crippen LogP contribution >= 0.6 is 0 Å². The first-order valence-corrected chi connectivity index (χ1v) is 3.11. The maximum atomic E-state index is 6.82. The molecule has 1 unspecified atom stereocenters. The molecule has 3 nitrogen and oxygen atoms in total. The Morgan fingerprint density at radius 2 is 2.33 bits per heavy atom. The molecule has 0 aliphatic heterocycles. The van der Waals surface area contributed by atoms with Gasteiger partial charge in [0.25, 0.3) is 0 Å². The highest BCUT2D eigenvalue weighted by molar-refractivity contribution is 5.78. The number of hydrogen-bond acceptors (Lipinski definition) is 2. The fraction of sp³-hybridized carbons (Fsp3) is 0.833. The van der Waals surface area contributed by atoms with Gasteiger partial charge in [-0.3, -0.25) is 5.41 Å². The van der Waals surface area contributed by atoms with Gasteiger partial charge < -0.3 is 10.5 Å². The minimum atomic E-state index is 0.0929. The van der Waals surface area contributed by atoms with E-state index >= 15 is 0 Å². The van der Waals surface area contributed by atoms with Crippen LogP contribution in [0.5, 0.6) is 0 Å². The smallest absolute Gasteiger partial charge is 0.117 e. The number of nitrogens with one attached hydrogen (secondary N) is 1. The van der Waals surface area contributed by atoms with E-state index in [0.717, 1.165) is 6.42 Å². The molecule has 0 aromatic heterocycles. The molecule has 0 rings (SSSR count). The summed E-state index contributed by atoms with van der Waals surface area (Å²) >= 11 is 0. The maximum absolute atomic E-state index is 6.82. The van der Waals surface area contributed by atoms with E-state index in [1.807, 2.05) is 13.8 Å². The van der Waals surface area contributed by atoms with Gasteiger partial charge in [-0.2, -0.15) is 0 Å². The second-order valence-electron chi connectivity index (χ2n) is 2.06. The number of ether oxygens (including phenoxy) is 1. The summed E-state index contributed by atoms with van der Waals surface area (Å²) in [6.07, 6.45) is 1.18. The molecule has 0 saturated heterocycles. The van der Waals surface area contributed by atoms with Gasteiger partial charge in [0.1, 0.15) is 12.4 Å². The number of hydrogen-bond donors (Lipinski definition) is 2. The molecule has 0 bridgehead atoms. The highest BCUT2D eigenvalue weighted by Gasteiger charge is 1.97. The van der Waals surface area contributed by atoms with E-state index in [2.05, 4.69) is 0 Å². The predicted octanol–water partition coefficient (Wildman–Crippen LogP) is 0.737. The van der Waals surface area contributed by atoms with Crippen molar-refractivity contribution < 1.29 is 4.74 Å². The van der Waals surface area contributed by atoms with Gasteiger partial charge in [-0.1, -0.05) is 6.92 Å². The third-order valence-electron chi connectivity index (χ3n) is 1.10. The molecule has 0 spiro atoms. The summed E-state index contributed by atoms with van der Waals surface area (Å²) in [6.45, 7) is 4.25. The highest BCUT2D eigenvalue weighted by atomic mass is 16.5. The lowest BCUT2D eigenvalue weighted by atomic mass is 10.3. The van der Waals surface area contributed by atoms with Gasteiger partial charge in [-0.25, -0.2) is 0 Å². The molecule has 0 radical (unpaired) electrons. The maximum Gasteiger partial charge on any atom is 0.117 e. The second kappa shape index (κ2) is 4.32. The zero-order valence-corrected chi connectivity index (χ0v) is 5.98. The molecule has 3 N–H and O–H groups in total. The van der Waals surface area contributed by atoms with E-state index < -0.39 is 0 Å². The Kier molecular flexibility index (Phi) is 4.05. The highest BCUT2D eigenvalue weighted by Crippen LogP contribution is 1.93. The van der Waals surface area contributed by atoms with Crippen LogP contribution in [0.4, 0.5) is 0 Å². The van der Waals surface area contributed by atoms with Gasteiger partial charge in [0.2, 0.25) is 0 Å². The normalized spacial score (nSPS) is 13.1. The minimum absolute atomic E-state index is 0.0929. The van der Waals surface area contributed by atoms with Crippen LogP contribution in [0.3, 0.4) is 0 Å². The van der Waals surface area contributed by atoms with Crippen molar-refractivity contribution in [3.63, 3.8) is 0 Å². The monoisotopic (exact) mass is 130 g/mol. The number of rotatable bonds is 4. The summed E-state index contributed by atoms with van der Waals surface area (Å²) in [5.74, 6) is 0.0929. The Hall–Kier alpha value is -0.570. The Balaban J connectivity index is 3.16. The van der Waals surface area contributed by atoms with Crippen LogP contribution in [0.25, 0.3) is 0 Å². The number of amidine groups is 1. The summed E-state index contributed by atoms with van der Waals surface area (Å²) in [5.41, 5.74) is 5.05. The Morgan fingerprint density at radius 3 is 2.67 bits per heavy atom. The summed E-state index contributed by atoms with van der Waals surface area (Å²) in [5, 5.41) is 6.82. The van der Waals surface area contributed by atoms with Gasteiger partial charge in [0, 0.05) is 0 Å². The van der Waals surface area contributed by atoms with E-state index in [9.17, 15) is 0 Å². The van der Waals surface area contributed by atoms with Crippen LogP contribution in [0.2, 0.25) is 0 Å². The lowest BCUT2D eigenvalue weighted by Crippen LogP contribution is -2.20. The molecule has 0 heterocycles. The zero-order valence-electron chi connectivity index (χ0n) is 5.98. The Morgan fingerprint density at radius 1 is 1.78 bits per heavy atom. The van der Waals surface area contributed by atoms with E-state index in [4.69, 9.17) is 15.9 Å². The fourth-order valence-electron chi connectivity index (χ4n) is 0.350. The predicted molar refractivity (Wildman–Crippen MR) is 37.6 cm³/mol. The summed E-state index contributed by atoms with van der Waals surface area (Å²) in [4.78, 5) is 0. The van der Waals surface area contributed by atoms with Crippen molar-refractivity contribution >= 4 is 5.84 Å². The zero-order chi connectivity index (χ0) is 7.28. The second-order valence-corrected chi connectivity index (χ2v) is 2.06. The van der Waals surface area contributed by atoms with Gasteiger partial charge in [0.05, 0.1) is 6.10 Å². The molecule has 0 aromatic rings.